The van der Waals surface area contributed by atoms with Gasteiger partial charge in [-0.1, -0.05) is 19.6 Å². The normalized spacial score (nSPS) is 27.5. The monoisotopic (exact) mass is 381 g/mol. The van der Waals surface area contributed by atoms with Crippen LogP contribution in [0.1, 0.15) is 46.0 Å². The van der Waals surface area contributed by atoms with Gasteiger partial charge in [-0.2, -0.15) is 0 Å². The molecule has 0 spiro atoms. The Bertz CT molecular complexity index is 519. The number of hydrogen-bond donors (Lipinski definition) is 3. The molecular formula is C20H35N3O2S. The Morgan fingerprint density at radius 1 is 1.46 bits per heavy atom. The Morgan fingerprint density at radius 2 is 2.23 bits per heavy atom. The van der Waals surface area contributed by atoms with E-state index < -0.39 is 0 Å². The van der Waals surface area contributed by atoms with Crippen molar-refractivity contribution in [1.82, 2.24) is 16.0 Å². The van der Waals surface area contributed by atoms with Gasteiger partial charge in [-0.15, -0.1) is 11.8 Å². The summed E-state index contributed by atoms with van der Waals surface area (Å²) in [7, 11) is 1.75. The van der Waals surface area contributed by atoms with Crippen molar-refractivity contribution >= 4 is 17.7 Å². The highest BCUT2D eigenvalue weighted by Crippen LogP contribution is 2.37. The fraction of sp³-hybridized carbons (Fsp3) is 0.750. The number of carbonyl (C=O) groups excluding carboxylic acids is 1. The average Bonchev–Trinajstić information content (AvgIpc) is 2.65. The predicted octanol–water partition coefficient (Wildman–Crippen LogP) is 2.59. The van der Waals surface area contributed by atoms with Crippen LogP contribution in [0.25, 0.3) is 0 Å². The van der Waals surface area contributed by atoms with Gasteiger partial charge in [0.15, 0.2) is 0 Å². The summed E-state index contributed by atoms with van der Waals surface area (Å²) in [6.07, 6.45) is 5.47. The molecule has 0 bridgehead atoms. The van der Waals surface area contributed by atoms with Crippen LogP contribution in [0, 0.1) is 0 Å². The molecule has 0 radical (unpaired) electrons. The summed E-state index contributed by atoms with van der Waals surface area (Å²) in [6, 6.07) is 0.386. The molecule has 2 aliphatic rings. The molecule has 2 aliphatic heterocycles. The second kappa shape index (κ2) is 9.93. The van der Waals surface area contributed by atoms with Crippen LogP contribution in [-0.4, -0.2) is 54.8 Å². The van der Waals surface area contributed by atoms with Gasteiger partial charge in [-0.05, 0) is 51.6 Å². The summed E-state index contributed by atoms with van der Waals surface area (Å²) < 4.78 is 5.48. The van der Waals surface area contributed by atoms with E-state index in [1.54, 1.807) is 7.11 Å². The van der Waals surface area contributed by atoms with Crippen LogP contribution in [0.5, 0.6) is 0 Å². The third kappa shape index (κ3) is 5.59. The van der Waals surface area contributed by atoms with Crippen molar-refractivity contribution in [2.45, 2.75) is 68.9 Å². The first-order valence-corrected chi connectivity index (χ1v) is 10.7. The molecule has 0 aromatic rings. The number of nitrogens with one attached hydrogen (secondary N) is 3. The van der Waals surface area contributed by atoms with Gasteiger partial charge in [0.1, 0.15) is 0 Å². The van der Waals surface area contributed by atoms with Gasteiger partial charge < -0.3 is 20.7 Å². The molecule has 2 heterocycles. The quantitative estimate of drug-likeness (QED) is 0.536. The molecule has 3 N–H and O–H groups in total. The Balaban J connectivity index is 1.92. The van der Waals surface area contributed by atoms with Gasteiger partial charge >= 0.3 is 0 Å². The van der Waals surface area contributed by atoms with Crippen LogP contribution in [0.15, 0.2) is 24.4 Å². The summed E-state index contributed by atoms with van der Waals surface area (Å²) in [5.41, 5.74) is 1.88. The second-order valence-electron chi connectivity index (χ2n) is 7.61. The number of piperidine rings is 2. The van der Waals surface area contributed by atoms with Crippen LogP contribution in [-0.2, 0) is 9.53 Å². The van der Waals surface area contributed by atoms with Crippen LogP contribution in [0.2, 0.25) is 0 Å². The smallest absolute Gasteiger partial charge is 0.241 e. The van der Waals surface area contributed by atoms with E-state index in [2.05, 4.69) is 43.0 Å². The summed E-state index contributed by atoms with van der Waals surface area (Å²) >= 11 is 1.92. The highest BCUT2D eigenvalue weighted by molar-refractivity contribution is 8.00. The van der Waals surface area contributed by atoms with Gasteiger partial charge in [-0.25, -0.2) is 0 Å². The number of hydrogen-bond acceptors (Lipinski definition) is 5. The van der Waals surface area contributed by atoms with Crippen molar-refractivity contribution < 1.29 is 9.53 Å². The number of rotatable bonds is 9. The third-order valence-electron chi connectivity index (χ3n) is 5.74. The minimum Gasteiger partial charge on any atom is -0.380 e. The first-order chi connectivity index (χ1) is 12.4. The van der Waals surface area contributed by atoms with E-state index in [9.17, 15) is 4.79 Å². The molecule has 26 heavy (non-hydrogen) atoms. The second-order valence-corrected chi connectivity index (χ2v) is 9.08. The zero-order valence-corrected chi connectivity index (χ0v) is 17.3. The van der Waals surface area contributed by atoms with Gasteiger partial charge in [0.05, 0.1) is 16.9 Å². The standard InChI is InChI=1S/C20H35N3O2S/c1-14(12-22-18-10-9-15(2)23-19(18)24)20(4,16(3)25-5)26-13-17-8-6-7-11-21-17/h16-18,21-22H,1-2,6-13H2,3-5H3,(H,23,24)/t16?,17-,18?,20-/m1/s1. The lowest BCUT2D eigenvalue weighted by Crippen LogP contribution is -2.50. The first kappa shape index (κ1) is 21.5. The van der Waals surface area contributed by atoms with Gasteiger partial charge in [-0.3, -0.25) is 4.79 Å². The summed E-state index contributed by atoms with van der Waals surface area (Å²) in [5, 5.41) is 9.82. The van der Waals surface area contributed by atoms with Crippen molar-refractivity contribution in [1.29, 1.82) is 0 Å². The zero-order chi connectivity index (χ0) is 19.2. The molecule has 0 aromatic heterocycles. The number of carbonyl (C=O) groups is 1. The Kier molecular flexibility index (Phi) is 8.20. The highest BCUT2D eigenvalue weighted by atomic mass is 32.2. The molecule has 2 fully saturated rings. The largest absolute Gasteiger partial charge is 0.380 e. The molecule has 2 saturated heterocycles. The van der Waals surface area contributed by atoms with Crippen molar-refractivity contribution in [3.05, 3.63) is 24.4 Å². The van der Waals surface area contributed by atoms with E-state index in [1.165, 1.54) is 19.3 Å². The van der Waals surface area contributed by atoms with E-state index in [-0.39, 0.29) is 22.8 Å². The summed E-state index contributed by atoms with van der Waals surface area (Å²) in [6.45, 7) is 14.2. The van der Waals surface area contributed by atoms with E-state index in [1.807, 2.05) is 11.8 Å². The molecule has 2 unspecified atom stereocenters. The number of methoxy groups -OCH3 is 1. The van der Waals surface area contributed by atoms with Crippen molar-refractivity contribution in [2.24, 2.45) is 0 Å². The molecular weight excluding hydrogens is 346 g/mol. The molecule has 0 aliphatic carbocycles. The lowest BCUT2D eigenvalue weighted by Gasteiger charge is -2.38. The van der Waals surface area contributed by atoms with Crippen LogP contribution in [0.3, 0.4) is 0 Å². The van der Waals surface area contributed by atoms with E-state index in [0.717, 1.165) is 36.4 Å². The predicted molar refractivity (Wildman–Crippen MR) is 110 cm³/mol. The van der Waals surface area contributed by atoms with E-state index >= 15 is 0 Å². The van der Waals surface area contributed by atoms with Gasteiger partial charge in [0, 0.05) is 31.1 Å². The fourth-order valence-corrected chi connectivity index (χ4v) is 4.90. The molecule has 4 atom stereocenters. The first-order valence-electron chi connectivity index (χ1n) is 9.67. The Hall–Kier alpha value is -0.820. The fourth-order valence-electron chi connectivity index (χ4n) is 3.46. The zero-order valence-electron chi connectivity index (χ0n) is 16.5. The number of allylic oxidation sites excluding steroid dienone is 1. The summed E-state index contributed by atoms with van der Waals surface area (Å²) in [5.74, 6) is 1.06. The van der Waals surface area contributed by atoms with E-state index in [4.69, 9.17) is 4.74 Å². The maximum atomic E-state index is 12.1. The maximum absolute atomic E-state index is 12.1. The summed E-state index contributed by atoms with van der Waals surface area (Å²) in [4.78, 5) is 12.1. The minimum absolute atomic E-state index is 0.00889. The van der Waals surface area contributed by atoms with Crippen LogP contribution >= 0.6 is 11.8 Å². The molecule has 2 rings (SSSR count). The SMILES string of the molecule is C=C1CCC(NCC(=C)[C@@](C)(SC[C@H]2CCCCN2)C(C)OC)C(=O)N1. The Labute approximate surface area is 162 Å². The van der Waals surface area contributed by atoms with Crippen molar-refractivity contribution in [2.75, 3.05) is 26.0 Å². The van der Waals surface area contributed by atoms with Crippen molar-refractivity contribution in [3.63, 3.8) is 0 Å². The topological polar surface area (TPSA) is 62.4 Å². The molecule has 1 amide bonds. The van der Waals surface area contributed by atoms with Crippen molar-refractivity contribution in [3.8, 4) is 0 Å². The number of thioether (sulfide) groups is 1. The average molecular weight is 382 g/mol. The lowest BCUT2D eigenvalue weighted by molar-refractivity contribution is -0.123. The molecule has 148 valence electrons. The van der Waals surface area contributed by atoms with Crippen LogP contribution < -0.4 is 16.0 Å². The molecule has 0 saturated carbocycles. The molecule has 6 heteroatoms. The highest BCUT2D eigenvalue weighted by Gasteiger charge is 2.36. The lowest BCUT2D eigenvalue weighted by atomic mass is 9.95. The molecule has 5 nitrogen and oxygen atoms in total. The Morgan fingerprint density at radius 3 is 2.85 bits per heavy atom. The van der Waals surface area contributed by atoms with Gasteiger partial charge in [0.2, 0.25) is 5.91 Å². The molecule has 0 aromatic carbocycles. The van der Waals surface area contributed by atoms with Gasteiger partial charge in [0.25, 0.3) is 0 Å². The third-order valence-corrected chi connectivity index (χ3v) is 7.53. The number of amides is 1. The minimum atomic E-state index is -0.199. The van der Waals surface area contributed by atoms with E-state index in [0.29, 0.717) is 12.6 Å². The number of ether oxygens (including phenoxy) is 1. The van der Waals surface area contributed by atoms with Crippen LogP contribution in [0.4, 0.5) is 0 Å². The maximum Gasteiger partial charge on any atom is 0.241 e.